The Morgan fingerprint density at radius 1 is 1.38 bits per heavy atom. The number of aromatic carboxylic acids is 1. The molecule has 21 heavy (non-hydrogen) atoms. The van der Waals surface area contributed by atoms with Gasteiger partial charge in [0, 0.05) is 24.2 Å². The van der Waals surface area contributed by atoms with Gasteiger partial charge in [-0.25, -0.2) is 4.79 Å². The molecule has 0 aliphatic rings. The van der Waals surface area contributed by atoms with Crippen LogP contribution in [0.1, 0.15) is 27.4 Å². The lowest BCUT2D eigenvalue weighted by molar-refractivity contribution is -0.384. The Hall–Kier alpha value is -2.67. The number of benzene rings is 1. The lowest BCUT2D eigenvalue weighted by Crippen LogP contribution is -2.12. The van der Waals surface area contributed by atoms with Gasteiger partial charge in [0.1, 0.15) is 5.76 Å². The van der Waals surface area contributed by atoms with Gasteiger partial charge in [-0.1, -0.05) is 12.1 Å². The van der Waals surface area contributed by atoms with E-state index >= 15 is 0 Å². The first-order chi connectivity index (χ1) is 9.97. The van der Waals surface area contributed by atoms with E-state index in [1.807, 2.05) is 0 Å². The highest BCUT2D eigenvalue weighted by Crippen LogP contribution is 2.15. The SMILES string of the molecule is Cc1cc(CNCc2cccc([N+](=O)[O-])c2)oc1C(=O)O. The highest BCUT2D eigenvalue weighted by atomic mass is 16.6. The van der Waals surface area contributed by atoms with Crippen molar-refractivity contribution in [2.75, 3.05) is 0 Å². The van der Waals surface area contributed by atoms with Gasteiger partial charge >= 0.3 is 5.97 Å². The van der Waals surface area contributed by atoms with E-state index in [0.717, 1.165) is 5.56 Å². The van der Waals surface area contributed by atoms with Crippen molar-refractivity contribution in [1.82, 2.24) is 5.32 Å². The van der Waals surface area contributed by atoms with Crippen LogP contribution in [0, 0.1) is 17.0 Å². The van der Waals surface area contributed by atoms with Crippen molar-refractivity contribution >= 4 is 11.7 Å². The number of non-ortho nitro benzene ring substituents is 1. The van der Waals surface area contributed by atoms with Crippen molar-refractivity contribution in [2.45, 2.75) is 20.0 Å². The maximum Gasteiger partial charge on any atom is 0.372 e. The minimum Gasteiger partial charge on any atom is -0.475 e. The molecule has 0 bridgehead atoms. The van der Waals surface area contributed by atoms with Gasteiger partial charge in [-0.05, 0) is 18.6 Å². The summed E-state index contributed by atoms with van der Waals surface area (Å²) in [6.45, 7) is 2.43. The van der Waals surface area contributed by atoms with Gasteiger partial charge in [-0.3, -0.25) is 10.1 Å². The van der Waals surface area contributed by atoms with Crippen LogP contribution < -0.4 is 5.32 Å². The van der Waals surface area contributed by atoms with Gasteiger partial charge < -0.3 is 14.8 Å². The largest absolute Gasteiger partial charge is 0.475 e. The Morgan fingerprint density at radius 3 is 2.76 bits per heavy atom. The number of hydrogen-bond acceptors (Lipinski definition) is 5. The summed E-state index contributed by atoms with van der Waals surface area (Å²) in [5, 5.41) is 22.6. The smallest absolute Gasteiger partial charge is 0.372 e. The molecule has 0 spiro atoms. The maximum atomic E-state index is 10.9. The molecule has 2 aromatic rings. The molecule has 7 heteroatoms. The van der Waals surface area contributed by atoms with E-state index in [1.54, 1.807) is 25.1 Å². The Balaban J connectivity index is 1.95. The van der Waals surface area contributed by atoms with Crippen LogP contribution >= 0.6 is 0 Å². The quantitative estimate of drug-likeness (QED) is 0.625. The van der Waals surface area contributed by atoms with Gasteiger partial charge in [0.05, 0.1) is 11.5 Å². The standard InChI is InChI=1S/C14H14N2O5/c1-9-5-12(21-13(9)14(17)18)8-15-7-10-3-2-4-11(6-10)16(19)20/h2-6,15H,7-8H2,1H3,(H,17,18). The Kier molecular flexibility index (Phi) is 4.34. The van der Waals surface area contributed by atoms with E-state index in [4.69, 9.17) is 9.52 Å². The zero-order valence-electron chi connectivity index (χ0n) is 11.3. The van der Waals surface area contributed by atoms with Crippen LogP contribution in [0.4, 0.5) is 5.69 Å². The molecule has 2 N–H and O–H groups in total. The van der Waals surface area contributed by atoms with Crippen molar-refractivity contribution in [1.29, 1.82) is 0 Å². The molecule has 0 atom stereocenters. The summed E-state index contributed by atoms with van der Waals surface area (Å²) in [5.41, 5.74) is 1.37. The van der Waals surface area contributed by atoms with Crippen LogP contribution in [0.15, 0.2) is 34.7 Å². The van der Waals surface area contributed by atoms with Crippen LogP contribution in [-0.4, -0.2) is 16.0 Å². The predicted octanol–water partition coefficient (Wildman–Crippen LogP) is 2.48. The number of carbonyl (C=O) groups is 1. The summed E-state index contributed by atoms with van der Waals surface area (Å²) < 4.78 is 5.21. The van der Waals surface area contributed by atoms with Crippen molar-refractivity contribution in [3.05, 3.63) is 63.1 Å². The van der Waals surface area contributed by atoms with E-state index in [0.29, 0.717) is 24.4 Å². The fourth-order valence-electron chi connectivity index (χ4n) is 1.96. The van der Waals surface area contributed by atoms with Crippen molar-refractivity contribution < 1.29 is 19.2 Å². The van der Waals surface area contributed by atoms with Crippen LogP contribution in [0.5, 0.6) is 0 Å². The Labute approximate surface area is 120 Å². The first kappa shape index (κ1) is 14.7. The summed E-state index contributed by atoms with van der Waals surface area (Å²) in [4.78, 5) is 21.1. The number of nitro benzene ring substituents is 1. The number of carboxylic acid groups (broad SMARTS) is 1. The van der Waals surface area contributed by atoms with E-state index in [2.05, 4.69) is 5.32 Å². The zero-order valence-corrected chi connectivity index (χ0v) is 11.3. The van der Waals surface area contributed by atoms with Crippen molar-refractivity contribution in [3.8, 4) is 0 Å². The molecule has 0 aliphatic carbocycles. The van der Waals surface area contributed by atoms with Gasteiger partial charge in [0.25, 0.3) is 5.69 Å². The van der Waals surface area contributed by atoms with Crippen LogP contribution in [0.3, 0.4) is 0 Å². The predicted molar refractivity (Wildman–Crippen MR) is 74.0 cm³/mol. The highest BCUT2D eigenvalue weighted by Gasteiger charge is 2.14. The summed E-state index contributed by atoms with van der Waals surface area (Å²) in [7, 11) is 0. The van der Waals surface area contributed by atoms with Gasteiger partial charge in [0.15, 0.2) is 0 Å². The van der Waals surface area contributed by atoms with E-state index < -0.39 is 10.9 Å². The molecule has 0 radical (unpaired) electrons. The van der Waals surface area contributed by atoms with E-state index in [1.165, 1.54) is 12.1 Å². The molecule has 0 saturated heterocycles. The number of hydrogen-bond donors (Lipinski definition) is 2. The van der Waals surface area contributed by atoms with Gasteiger partial charge in [-0.2, -0.15) is 0 Å². The number of nitro groups is 1. The number of nitrogens with zero attached hydrogens (tertiary/aromatic N) is 1. The lowest BCUT2D eigenvalue weighted by atomic mass is 10.2. The minimum absolute atomic E-state index is 0.0382. The first-order valence-corrected chi connectivity index (χ1v) is 6.24. The zero-order chi connectivity index (χ0) is 15.4. The van der Waals surface area contributed by atoms with E-state index in [9.17, 15) is 14.9 Å². The van der Waals surface area contributed by atoms with Crippen LogP contribution in [0.2, 0.25) is 0 Å². The number of aryl methyl sites for hydroxylation is 1. The fraction of sp³-hybridized carbons (Fsp3) is 0.214. The molecule has 110 valence electrons. The molecule has 0 saturated carbocycles. The van der Waals surface area contributed by atoms with Crippen LogP contribution in [0.25, 0.3) is 0 Å². The highest BCUT2D eigenvalue weighted by molar-refractivity contribution is 5.86. The lowest BCUT2D eigenvalue weighted by Gasteiger charge is -2.03. The average Bonchev–Trinajstić information content (AvgIpc) is 2.80. The normalized spacial score (nSPS) is 10.5. The third-order valence-corrected chi connectivity index (χ3v) is 2.91. The maximum absolute atomic E-state index is 10.9. The fourth-order valence-corrected chi connectivity index (χ4v) is 1.96. The second kappa shape index (κ2) is 6.19. The second-order valence-corrected chi connectivity index (χ2v) is 4.56. The van der Waals surface area contributed by atoms with Crippen molar-refractivity contribution in [2.24, 2.45) is 0 Å². The van der Waals surface area contributed by atoms with Crippen molar-refractivity contribution in [3.63, 3.8) is 0 Å². The molecule has 0 aliphatic heterocycles. The molecule has 1 heterocycles. The summed E-state index contributed by atoms with van der Waals surface area (Å²) >= 11 is 0. The molecule has 0 unspecified atom stereocenters. The monoisotopic (exact) mass is 290 g/mol. The summed E-state index contributed by atoms with van der Waals surface area (Å²) in [5.74, 6) is -0.657. The molecule has 2 rings (SSSR count). The second-order valence-electron chi connectivity index (χ2n) is 4.56. The molecule has 0 amide bonds. The van der Waals surface area contributed by atoms with Gasteiger partial charge in [0.2, 0.25) is 5.76 Å². The third-order valence-electron chi connectivity index (χ3n) is 2.91. The molecular formula is C14H14N2O5. The minimum atomic E-state index is -1.10. The topological polar surface area (TPSA) is 106 Å². The Bertz CT molecular complexity index is 678. The Morgan fingerprint density at radius 2 is 2.14 bits per heavy atom. The summed E-state index contributed by atoms with van der Waals surface area (Å²) in [6, 6.07) is 7.97. The van der Waals surface area contributed by atoms with Crippen LogP contribution in [-0.2, 0) is 13.1 Å². The molecule has 1 aromatic carbocycles. The number of nitrogens with one attached hydrogen (secondary N) is 1. The first-order valence-electron chi connectivity index (χ1n) is 6.24. The number of carboxylic acids is 1. The molecule has 7 nitrogen and oxygen atoms in total. The third kappa shape index (κ3) is 3.67. The number of furan rings is 1. The molecular weight excluding hydrogens is 276 g/mol. The average molecular weight is 290 g/mol. The van der Waals surface area contributed by atoms with Gasteiger partial charge in [-0.15, -0.1) is 0 Å². The molecule has 0 fully saturated rings. The summed E-state index contributed by atoms with van der Waals surface area (Å²) in [6.07, 6.45) is 0. The molecule has 1 aromatic heterocycles. The number of rotatable bonds is 6. The van der Waals surface area contributed by atoms with E-state index in [-0.39, 0.29) is 11.4 Å².